The van der Waals surface area contributed by atoms with E-state index in [1.807, 2.05) is 6.92 Å². The Morgan fingerprint density at radius 2 is 1.60 bits per heavy atom. The third kappa shape index (κ3) is 4.56. The molecule has 0 rings (SSSR count). The summed E-state index contributed by atoms with van der Waals surface area (Å²) in [6, 6.07) is 0. The highest BCUT2D eigenvalue weighted by Gasteiger charge is 2.68. The number of rotatable bonds is 13. The van der Waals surface area contributed by atoms with E-state index in [9.17, 15) is 27.7 Å². The molecule has 9 nitrogen and oxygen atoms in total. The monoisotopic (exact) mass is 381 g/mol. The predicted molar refractivity (Wildman–Crippen MR) is 94.1 cm³/mol. The van der Waals surface area contributed by atoms with Gasteiger partial charge in [0.2, 0.25) is 5.66 Å². The Morgan fingerprint density at radius 3 is 1.96 bits per heavy atom. The third-order valence-electron chi connectivity index (χ3n) is 4.40. The Kier molecular flexibility index (Phi) is 9.17. The lowest BCUT2D eigenvalue weighted by atomic mass is 9.81. The highest BCUT2D eigenvalue weighted by Crippen LogP contribution is 2.37. The molecule has 0 spiro atoms. The van der Waals surface area contributed by atoms with Crippen molar-refractivity contribution in [2.45, 2.75) is 76.1 Å². The molecule has 0 bridgehead atoms. The van der Waals surface area contributed by atoms with Gasteiger partial charge in [0, 0.05) is 13.0 Å². The van der Waals surface area contributed by atoms with E-state index in [-0.39, 0.29) is 19.4 Å². The molecular formula is C15H31N3O6S. The second kappa shape index (κ2) is 9.58. The van der Waals surface area contributed by atoms with Crippen molar-refractivity contribution < 1.29 is 27.7 Å². The lowest BCUT2D eigenvalue weighted by Gasteiger charge is -2.46. The first-order chi connectivity index (χ1) is 11.5. The van der Waals surface area contributed by atoms with Crippen LogP contribution in [0.4, 0.5) is 0 Å². The maximum absolute atomic E-state index is 12.8. The molecule has 0 amide bonds. The molecule has 0 saturated carbocycles. The van der Waals surface area contributed by atoms with E-state index >= 15 is 0 Å². The van der Waals surface area contributed by atoms with Gasteiger partial charge >= 0.3 is 5.97 Å². The van der Waals surface area contributed by atoms with Crippen LogP contribution >= 0.6 is 0 Å². The van der Waals surface area contributed by atoms with Crippen LogP contribution in [0.2, 0.25) is 0 Å². The number of carbonyl (C=O) groups excluding carboxylic acids is 1. The fourth-order valence-corrected chi connectivity index (χ4v) is 4.39. The average Bonchev–Trinajstić information content (AvgIpc) is 2.52. The molecule has 148 valence electrons. The number of hydrogen-bond acceptors (Lipinski definition) is 7. The van der Waals surface area contributed by atoms with Crippen molar-refractivity contribution in [3.8, 4) is 0 Å². The Hall–Kier alpha value is -1.07. The second-order valence-electron chi connectivity index (χ2n) is 6.20. The third-order valence-corrected chi connectivity index (χ3v) is 6.02. The minimum Gasteiger partial charge on any atom is -0.479 e. The first-order valence-electron chi connectivity index (χ1n) is 8.52. The topological polar surface area (TPSA) is 164 Å². The largest absolute Gasteiger partial charge is 0.479 e. The molecular weight excluding hydrogens is 350 g/mol. The molecule has 0 aliphatic carbocycles. The van der Waals surface area contributed by atoms with E-state index < -0.39 is 38.7 Å². The van der Waals surface area contributed by atoms with Crippen molar-refractivity contribution in [1.82, 2.24) is 5.01 Å². The fraction of sp³-hybridized carbons (Fsp3) is 0.867. The van der Waals surface area contributed by atoms with E-state index in [4.69, 9.17) is 11.6 Å². The van der Waals surface area contributed by atoms with Crippen LogP contribution in [0, 0.1) is 0 Å². The lowest BCUT2D eigenvalue weighted by molar-refractivity contribution is -0.158. The summed E-state index contributed by atoms with van der Waals surface area (Å²) in [7, 11) is -5.17. The average molecular weight is 381 g/mol. The number of ketones is 1. The minimum absolute atomic E-state index is 0.0403. The standard InChI is InChI=1S/C15H31N3O6S/c1-4-7-9-12(19)14(10-6-3,25(22,23)24)15(16,13(20)21)18(17)11-8-5-2/h4-11,16-17H2,1-3H3,(H,20,21)(H,22,23,24)/t14?,15-/m1/s1. The maximum atomic E-state index is 12.8. The summed E-state index contributed by atoms with van der Waals surface area (Å²) in [4.78, 5) is 24.8. The molecule has 0 heterocycles. The second-order valence-corrected chi connectivity index (χ2v) is 7.84. The van der Waals surface area contributed by atoms with Crippen LogP contribution < -0.4 is 11.6 Å². The minimum atomic E-state index is -5.17. The van der Waals surface area contributed by atoms with Crippen LogP contribution in [-0.4, -0.2) is 51.8 Å². The zero-order valence-corrected chi connectivity index (χ0v) is 16.0. The number of hydrazine groups is 1. The molecule has 6 N–H and O–H groups in total. The van der Waals surface area contributed by atoms with Gasteiger partial charge in [-0.15, -0.1) is 0 Å². The van der Waals surface area contributed by atoms with Crippen LogP contribution in [0.3, 0.4) is 0 Å². The van der Waals surface area contributed by atoms with Gasteiger partial charge in [0.05, 0.1) is 0 Å². The van der Waals surface area contributed by atoms with Gasteiger partial charge in [-0.2, -0.15) is 8.42 Å². The Labute approximate surface area is 149 Å². The SMILES string of the molecule is CCCCC(=O)C(CCC)([C@@](N)(C(=O)O)N(N)CCCC)S(=O)(=O)O. The van der Waals surface area contributed by atoms with Crippen LogP contribution in [0.25, 0.3) is 0 Å². The first-order valence-corrected chi connectivity index (χ1v) is 9.96. The molecule has 0 radical (unpaired) electrons. The normalized spacial score (nSPS) is 17.1. The van der Waals surface area contributed by atoms with Gasteiger partial charge in [-0.05, 0) is 19.3 Å². The summed E-state index contributed by atoms with van der Waals surface area (Å²) in [6.45, 7) is 5.16. The van der Waals surface area contributed by atoms with Crippen LogP contribution in [0.1, 0.15) is 65.7 Å². The van der Waals surface area contributed by atoms with Crippen molar-refractivity contribution in [1.29, 1.82) is 0 Å². The Balaban J connectivity index is 6.55. The number of hydrogen-bond donors (Lipinski definition) is 4. The molecule has 25 heavy (non-hydrogen) atoms. The van der Waals surface area contributed by atoms with Crippen molar-refractivity contribution in [2.24, 2.45) is 11.6 Å². The number of nitrogens with zero attached hydrogens (tertiary/aromatic N) is 1. The van der Waals surface area contributed by atoms with Gasteiger partial charge in [-0.1, -0.05) is 40.0 Å². The molecule has 0 fully saturated rings. The van der Waals surface area contributed by atoms with E-state index in [1.54, 1.807) is 13.8 Å². The summed E-state index contributed by atoms with van der Waals surface area (Å²) >= 11 is 0. The Bertz CT molecular complexity index is 568. The maximum Gasteiger partial charge on any atom is 0.342 e. The van der Waals surface area contributed by atoms with Crippen molar-refractivity contribution in [3.05, 3.63) is 0 Å². The van der Waals surface area contributed by atoms with Crippen LogP contribution in [-0.2, 0) is 19.7 Å². The summed E-state index contributed by atoms with van der Waals surface area (Å²) in [5.74, 6) is 3.11. The van der Waals surface area contributed by atoms with Gasteiger partial charge in [0.15, 0.2) is 10.5 Å². The molecule has 0 aromatic rings. The number of carboxylic acids is 1. The zero-order chi connectivity index (χ0) is 19.9. The van der Waals surface area contributed by atoms with Gasteiger partial charge in [-0.3, -0.25) is 15.2 Å². The van der Waals surface area contributed by atoms with Gasteiger partial charge in [0.1, 0.15) is 0 Å². The number of unbranched alkanes of at least 4 members (excludes halogenated alkanes) is 2. The summed E-state index contributed by atoms with van der Waals surface area (Å²) in [6.07, 6.45) is 1.48. The zero-order valence-electron chi connectivity index (χ0n) is 15.2. The van der Waals surface area contributed by atoms with E-state index in [2.05, 4.69) is 0 Å². The summed E-state index contributed by atoms with van der Waals surface area (Å²) in [5, 5.41) is 10.4. The van der Waals surface area contributed by atoms with E-state index in [1.165, 1.54) is 0 Å². The molecule has 0 aromatic heterocycles. The van der Waals surface area contributed by atoms with Crippen molar-refractivity contribution in [3.63, 3.8) is 0 Å². The Morgan fingerprint density at radius 1 is 1.08 bits per heavy atom. The molecule has 0 saturated heterocycles. The molecule has 2 atom stereocenters. The molecule has 0 aliphatic heterocycles. The van der Waals surface area contributed by atoms with Crippen molar-refractivity contribution in [2.75, 3.05) is 6.54 Å². The quantitative estimate of drug-likeness (QED) is 0.157. The van der Waals surface area contributed by atoms with Gasteiger partial charge in [0.25, 0.3) is 10.1 Å². The lowest BCUT2D eigenvalue weighted by Crippen LogP contribution is -2.80. The fourth-order valence-electron chi connectivity index (χ4n) is 2.94. The predicted octanol–water partition coefficient (Wildman–Crippen LogP) is 0.888. The summed E-state index contributed by atoms with van der Waals surface area (Å²) < 4.78 is 31.7. The molecule has 0 aliphatic rings. The van der Waals surface area contributed by atoms with Crippen LogP contribution in [0.5, 0.6) is 0 Å². The van der Waals surface area contributed by atoms with Gasteiger partial charge < -0.3 is 10.8 Å². The molecule has 1 unspecified atom stereocenters. The number of carboxylic acid groups (broad SMARTS) is 1. The molecule has 10 heteroatoms. The van der Waals surface area contributed by atoms with Crippen LogP contribution in [0.15, 0.2) is 0 Å². The highest BCUT2D eigenvalue weighted by atomic mass is 32.2. The van der Waals surface area contributed by atoms with Gasteiger partial charge in [-0.25, -0.2) is 9.80 Å². The number of nitrogens with two attached hydrogens (primary N) is 2. The smallest absolute Gasteiger partial charge is 0.342 e. The first kappa shape index (κ1) is 23.9. The van der Waals surface area contributed by atoms with E-state index in [0.717, 1.165) is 0 Å². The van der Waals surface area contributed by atoms with E-state index in [0.29, 0.717) is 30.7 Å². The molecule has 0 aromatic carbocycles. The number of carbonyl (C=O) groups is 2. The van der Waals surface area contributed by atoms with Crippen molar-refractivity contribution >= 4 is 21.9 Å². The number of Topliss-reactive ketones (excluding diaryl/α,β-unsaturated/α-hetero) is 1. The highest BCUT2D eigenvalue weighted by molar-refractivity contribution is 7.88. The summed E-state index contributed by atoms with van der Waals surface area (Å²) in [5.41, 5.74) is 3.21. The number of aliphatic carboxylic acids is 1.